The average molecular weight is 246 g/mol. The van der Waals surface area contributed by atoms with Crippen LogP contribution in [0.3, 0.4) is 0 Å². The van der Waals surface area contributed by atoms with Crippen LogP contribution in [0.4, 0.5) is 4.79 Å². The van der Waals surface area contributed by atoms with Crippen molar-refractivity contribution in [2.24, 2.45) is 0 Å². The zero-order valence-corrected chi connectivity index (χ0v) is 11.8. The molecule has 1 heterocycles. The summed E-state index contributed by atoms with van der Waals surface area (Å²) in [6.07, 6.45) is 0. The maximum absolute atomic E-state index is 12.2. The van der Waals surface area contributed by atoms with Crippen LogP contribution in [0.1, 0.15) is 46.2 Å². The third-order valence-corrected chi connectivity index (χ3v) is 3.30. The van der Waals surface area contributed by atoms with Gasteiger partial charge in [-0.25, -0.2) is 4.79 Å². The number of amides is 2. The molecule has 98 valence electrons. The Balaban J connectivity index is 2.15. The molecule has 1 aromatic carbocycles. The van der Waals surface area contributed by atoms with Crippen LogP contribution in [-0.4, -0.2) is 22.0 Å². The Labute approximate surface area is 109 Å². The van der Waals surface area contributed by atoms with Crippen molar-refractivity contribution in [2.45, 2.75) is 51.7 Å². The van der Waals surface area contributed by atoms with Gasteiger partial charge in [-0.3, -0.25) is 0 Å². The monoisotopic (exact) mass is 246 g/mol. The third kappa shape index (κ3) is 2.35. The topological polar surface area (TPSA) is 32.1 Å². The van der Waals surface area contributed by atoms with Crippen LogP contribution in [0, 0.1) is 0 Å². The molecular formula is C15H22N2O. The van der Waals surface area contributed by atoms with Crippen molar-refractivity contribution in [3.63, 3.8) is 0 Å². The van der Waals surface area contributed by atoms with E-state index in [1.165, 1.54) is 5.56 Å². The van der Waals surface area contributed by atoms with Gasteiger partial charge in [-0.1, -0.05) is 30.3 Å². The van der Waals surface area contributed by atoms with Crippen LogP contribution in [0.15, 0.2) is 30.3 Å². The van der Waals surface area contributed by atoms with Gasteiger partial charge in [0.15, 0.2) is 0 Å². The first-order valence-corrected chi connectivity index (χ1v) is 6.40. The lowest BCUT2D eigenvalue weighted by atomic mass is 10.0. The van der Waals surface area contributed by atoms with Gasteiger partial charge >= 0.3 is 6.03 Å². The maximum Gasteiger partial charge on any atom is 0.318 e. The fourth-order valence-corrected chi connectivity index (χ4v) is 2.44. The average Bonchev–Trinajstić information content (AvgIpc) is 2.80. The molecule has 3 nitrogen and oxygen atoms in total. The molecule has 0 bridgehead atoms. The number of carbonyl (C=O) groups is 1. The summed E-state index contributed by atoms with van der Waals surface area (Å²) in [5.41, 5.74) is 0.903. The second kappa shape index (κ2) is 4.01. The van der Waals surface area contributed by atoms with Gasteiger partial charge in [0.1, 0.15) is 0 Å². The standard InChI is InChI=1S/C15H22N2O/c1-14(2,3)16-13(18)17-12(15(17,4)5)11-9-7-6-8-10-11/h6-10,12H,1-5H3,(H,16,18). The van der Waals surface area contributed by atoms with Crippen LogP contribution < -0.4 is 5.32 Å². The first kappa shape index (κ1) is 12.9. The second-order valence-electron chi connectivity index (χ2n) is 6.52. The molecular weight excluding hydrogens is 224 g/mol. The van der Waals surface area contributed by atoms with Gasteiger partial charge in [-0.05, 0) is 40.2 Å². The van der Waals surface area contributed by atoms with Gasteiger partial charge in [0, 0.05) is 5.54 Å². The fraction of sp³-hybridized carbons (Fsp3) is 0.533. The zero-order chi connectivity index (χ0) is 13.6. The molecule has 0 spiro atoms. The van der Waals surface area contributed by atoms with E-state index in [4.69, 9.17) is 0 Å². The molecule has 2 rings (SSSR count). The molecule has 0 radical (unpaired) electrons. The third-order valence-electron chi connectivity index (χ3n) is 3.30. The van der Waals surface area contributed by atoms with Crippen LogP contribution in [-0.2, 0) is 0 Å². The van der Waals surface area contributed by atoms with Crippen molar-refractivity contribution < 1.29 is 4.79 Å². The molecule has 18 heavy (non-hydrogen) atoms. The number of benzene rings is 1. The van der Waals surface area contributed by atoms with Gasteiger partial charge in [0.05, 0.1) is 11.6 Å². The van der Waals surface area contributed by atoms with Crippen LogP contribution in [0.5, 0.6) is 0 Å². The molecule has 0 aliphatic carbocycles. The van der Waals surface area contributed by atoms with E-state index in [9.17, 15) is 4.79 Å². The molecule has 1 aliphatic rings. The summed E-state index contributed by atoms with van der Waals surface area (Å²) in [6, 6.07) is 10.4. The Bertz CT molecular complexity index is 445. The molecule has 1 saturated heterocycles. The maximum atomic E-state index is 12.2. The minimum atomic E-state index is -0.197. The van der Waals surface area contributed by atoms with Crippen LogP contribution in [0.25, 0.3) is 0 Å². The quantitative estimate of drug-likeness (QED) is 0.757. The van der Waals surface area contributed by atoms with Crippen molar-refractivity contribution in [2.75, 3.05) is 0 Å². The molecule has 0 aromatic heterocycles. The molecule has 1 fully saturated rings. The largest absolute Gasteiger partial charge is 0.333 e. The molecule has 2 amide bonds. The fourth-order valence-electron chi connectivity index (χ4n) is 2.44. The second-order valence-corrected chi connectivity index (χ2v) is 6.52. The highest BCUT2D eigenvalue weighted by Crippen LogP contribution is 2.52. The first-order chi connectivity index (χ1) is 8.23. The highest BCUT2D eigenvalue weighted by molar-refractivity contribution is 5.80. The molecule has 0 saturated carbocycles. The summed E-state index contributed by atoms with van der Waals surface area (Å²) >= 11 is 0. The Morgan fingerprint density at radius 3 is 2.28 bits per heavy atom. The number of nitrogens with zero attached hydrogens (tertiary/aromatic N) is 1. The number of hydrogen-bond donors (Lipinski definition) is 1. The van der Waals surface area contributed by atoms with Gasteiger partial charge in [-0.2, -0.15) is 0 Å². The zero-order valence-electron chi connectivity index (χ0n) is 11.8. The number of hydrogen-bond acceptors (Lipinski definition) is 1. The Morgan fingerprint density at radius 2 is 1.78 bits per heavy atom. The lowest BCUT2D eigenvalue weighted by molar-refractivity contribution is 0.212. The minimum Gasteiger partial charge on any atom is -0.333 e. The van der Waals surface area contributed by atoms with E-state index in [1.807, 2.05) is 43.9 Å². The van der Waals surface area contributed by atoms with E-state index < -0.39 is 0 Å². The van der Waals surface area contributed by atoms with Gasteiger partial charge in [-0.15, -0.1) is 0 Å². The predicted molar refractivity (Wildman–Crippen MR) is 73.4 cm³/mol. The highest BCUT2D eigenvalue weighted by Gasteiger charge is 2.59. The number of rotatable bonds is 1. The smallest absolute Gasteiger partial charge is 0.318 e. The van der Waals surface area contributed by atoms with Crippen molar-refractivity contribution in [1.29, 1.82) is 0 Å². The number of urea groups is 1. The Morgan fingerprint density at radius 1 is 1.22 bits per heavy atom. The van der Waals surface area contributed by atoms with E-state index in [-0.39, 0.29) is 23.2 Å². The van der Waals surface area contributed by atoms with Gasteiger partial charge < -0.3 is 10.2 Å². The van der Waals surface area contributed by atoms with Gasteiger partial charge in [0.2, 0.25) is 0 Å². The van der Waals surface area contributed by atoms with E-state index in [1.54, 1.807) is 0 Å². The molecule has 1 N–H and O–H groups in total. The first-order valence-electron chi connectivity index (χ1n) is 6.40. The normalized spacial score (nSPS) is 21.6. The van der Waals surface area contributed by atoms with E-state index in [2.05, 4.69) is 31.3 Å². The predicted octanol–water partition coefficient (Wildman–Crippen LogP) is 3.33. The summed E-state index contributed by atoms with van der Waals surface area (Å²) in [6.45, 7) is 10.2. The van der Waals surface area contributed by atoms with E-state index in [0.29, 0.717) is 0 Å². The highest BCUT2D eigenvalue weighted by atomic mass is 16.2. The summed E-state index contributed by atoms with van der Waals surface area (Å²) in [5.74, 6) is 0. The molecule has 3 heteroatoms. The number of carbonyl (C=O) groups excluding carboxylic acids is 1. The van der Waals surface area contributed by atoms with Crippen molar-refractivity contribution >= 4 is 6.03 Å². The summed E-state index contributed by atoms with van der Waals surface area (Å²) in [7, 11) is 0. The summed E-state index contributed by atoms with van der Waals surface area (Å²) in [5, 5.41) is 3.02. The van der Waals surface area contributed by atoms with E-state index >= 15 is 0 Å². The van der Waals surface area contributed by atoms with Crippen molar-refractivity contribution in [3.8, 4) is 0 Å². The van der Waals surface area contributed by atoms with Crippen LogP contribution in [0.2, 0.25) is 0 Å². The molecule has 1 atom stereocenters. The summed E-state index contributed by atoms with van der Waals surface area (Å²) < 4.78 is 0. The lowest BCUT2D eigenvalue weighted by Crippen LogP contribution is -2.44. The Hall–Kier alpha value is -1.51. The van der Waals surface area contributed by atoms with Crippen molar-refractivity contribution in [3.05, 3.63) is 35.9 Å². The van der Waals surface area contributed by atoms with Crippen molar-refractivity contribution in [1.82, 2.24) is 10.2 Å². The van der Waals surface area contributed by atoms with Gasteiger partial charge in [0.25, 0.3) is 0 Å². The Kier molecular flexibility index (Phi) is 2.88. The van der Waals surface area contributed by atoms with E-state index in [0.717, 1.165) is 0 Å². The SMILES string of the molecule is CC(C)(C)NC(=O)N1C(c2ccccc2)C1(C)C. The molecule has 1 aliphatic heterocycles. The lowest BCUT2D eigenvalue weighted by Gasteiger charge is -2.21. The molecule has 1 aromatic rings. The summed E-state index contributed by atoms with van der Waals surface area (Å²) in [4.78, 5) is 14.1. The minimum absolute atomic E-state index is 0.0151. The van der Waals surface area contributed by atoms with Crippen LogP contribution >= 0.6 is 0 Å². The number of nitrogens with one attached hydrogen (secondary N) is 1. The molecule has 1 unspecified atom stereocenters.